The van der Waals surface area contributed by atoms with Crippen LogP contribution in [0, 0.1) is 5.92 Å². The lowest BCUT2D eigenvalue weighted by atomic mass is 10.0. The van der Waals surface area contributed by atoms with Crippen LogP contribution in [0.4, 0.5) is 11.6 Å². The third kappa shape index (κ3) is 3.34. The average Bonchev–Trinajstić information content (AvgIpc) is 3.59. The Kier molecular flexibility index (Phi) is 4.88. The number of fused-ring (bicyclic) bond motifs is 3. The number of piperidine rings is 1. The van der Waals surface area contributed by atoms with Gasteiger partial charge in [0, 0.05) is 23.4 Å². The van der Waals surface area contributed by atoms with E-state index in [0.717, 1.165) is 24.9 Å². The van der Waals surface area contributed by atoms with E-state index in [1.165, 1.54) is 6.33 Å². The molecule has 10 nitrogen and oxygen atoms in total. The molecule has 3 aromatic heterocycles. The Morgan fingerprint density at radius 1 is 1.21 bits per heavy atom. The van der Waals surface area contributed by atoms with Crippen LogP contribution >= 0.6 is 0 Å². The third-order valence-electron chi connectivity index (χ3n) is 6.75. The summed E-state index contributed by atoms with van der Waals surface area (Å²) in [6.45, 7) is 1.06. The Bertz CT molecular complexity index is 1390. The SMILES string of the molecule is COc1cc(C(=O)Nc2ccccn2)ccc1-c1nn([C@H]2C[C@@H]3CN[C@H]2C3)c2ncnc(N)c12. The van der Waals surface area contributed by atoms with Gasteiger partial charge in [0.25, 0.3) is 5.91 Å². The van der Waals surface area contributed by atoms with Gasteiger partial charge in [-0.25, -0.2) is 19.6 Å². The first-order valence-corrected chi connectivity index (χ1v) is 11.2. The highest BCUT2D eigenvalue weighted by atomic mass is 16.5. The molecule has 6 rings (SSSR count). The van der Waals surface area contributed by atoms with Crippen LogP contribution in [0.5, 0.6) is 5.75 Å². The number of nitrogens with zero attached hydrogens (tertiary/aromatic N) is 5. The lowest BCUT2D eigenvalue weighted by molar-refractivity contribution is 0.102. The Labute approximate surface area is 195 Å². The largest absolute Gasteiger partial charge is 0.496 e. The van der Waals surface area contributed by atoms with Crippen LogP contribution in [0.1, 0.15) is 29.2 Å². The number of aromatic nitrogens is 5. The van der Waals surface area contributed by atoms with Crippen LogP contribution in [-0.2, 0) is 0 Å². The van der Waals surface area contributed by atoms with Crippen molar-refractivity contribution in [3.05, 3.63) is 54.5 Å². The summed E-state index contributed by atoms with van der Waals surface area (Å²) in [4.78, 5) is 25.7. The van der Waals surface area contributed by atoms with Crippen molar-refractivity contribution in [2.75, 3.05) is 24.7 Å². The van der Waals surface area contributed by atoms with Gasteiger partial charge in [-0.15, -0.1) is 0 Å². The van der Waals surface area contributed by atoms with E-state index in [-0.39, 0.29) is 11.9 Å². The second-order valence-electron chi connectivity index (χ2n) is 8.75. The predicted molar refractivity (Wildman–Crippen MR) is 127 cm³/mol. The van der Waals surface area contributed by atoms with Crippen molar-refractivity contribution >= 4 is 28.6 Å². The van der Waals surface area contributed by atoms with Crippen LogP contribution < -0.4 is 21.1 Å². The van der Waals surface area contributed by atoms with Gasteiger partial charge in [-0.2, -0.15) is 5.10 Å². The molecule has 1 aliphatic heterocycles. The molecule has 10 heteroatoms. The summed E-state index contributed by atoms with van der Waals surface area (Å²) in [6.07, 6.45) is 5.30. The Hall–Kier alpha value is -4.05. The molecule has 1 amide bonds. The monoisotopic (exact) mass is 456 g/mol. The molecule has 1 aromatic carbocycles. The van der Waals surface area contributed by atoms with Crippen LogP contribution in [0.25, 0.3) is 22.3 Å². The molecule has 4 heterocycles. The zero-order valence-corrected chi connectivity index (χ0v) is 18.6. The first kappa shape index (κ1) is 20.5. The second kappa shape index (κ2) is 8.07. The van der Waals surface area contributed by atoms with Crippen molar-refractivity contribution in [2.45, 2.75) is 24.9 Å². The highest BCUT2D eigenvalue weighted by molar-refractivity contribution is 6.05. The van der Waals surface area contributed by atoms with Crippen molar-refractivity contribution < 1.29 is 9.53 Å². The van der Waals surface area contributed by atoms with E-state index in [9.17, 15) is 4.79 Å². The molecule has 2 aliphatic rings. The van der Waals surface area contributed by atoms with Crippen LogP contribution in [-0.4, -0.2) is 50.3 Å². The van der Waals surface area contributed by atoms with Gasteiger partial charge in [-0.1, -0.05) is 6.07 Å². The van der Waals surface area contributed by atoms with Crippen LogP contribution in [0.2, 0.25) is 0 Å². The van der Waals surface area contributed by atoms with E-state index >= 15 is 0 Å². The maximum atomic E-state index is 12.8. The van der Waals surface area contributed by atoms with Gasteiger partial charge in [-0.05, 0) is 55.6 Å². The van der Waals surface area contributed by atoms with Gasteiger partial charge in [0.05, 0.1) is 18.5 Å². The molecule has 1 aliphatic carbocycles. The molecule has 2 bridgehead atoms. The zero-order chi connectivity index (χ0) is 23.2. The van der Waals surface area contributed by atoms with Crippen molar-refractivity contribution in [3.8, 4) is 17.0 Å². The molecular formula is C24H24N8O2. The van der Waals surface area contributed by atoms with E-state index in [1.807, 2.05) is 16.8 Å². The van der Waals surface area contributed by atoms with Crippen LogP contribution in [0.3, 0.4) is 0 Å². The first-order chi connectivity index (χ1) is 16.6. The summed E-state index contributed by atoms with van der Waals surface area (Å²) in [5, 5.41) is 12.0. The lowest BCUT2D eigenvalue weighted by Gasteiger charge is -2.23. The standard InChI is InChI=1S/C24H24N8O2/c1-34-18-10-14(24(33)30-19-4-2-3-7-26-19)5-6-15(18)21-20-22(25)28-12-29-23(20)32(31-21)17-9-13-8-16(17)27-11-13/h2-7,10,12-13,16-17,27H,8-9,11H2,1H3,(H2,25,28,29)(H,26,30,33)/t13-,16+,17+/m1/s1. The van der Waals surface area contributed by atoms with E-state index in [4.69, 9.17) is 15.6 Å². The van der Waals surface area contributed by atoms with E-state index in [0.29, 0.717) is 51.6 Å². The number of hydrogen-bond donors (Lipinski definition) is 3. The fourth-order valence-electron chi connectivity index (χ4n) is 5.16. The zero-order valence-electron chi connectivity index (χ0n) is 18.6. The highest BCUT2D eigenvalue weighted by Crippen LogP contribution is 2.43. The molecule has 4 aromatic rings. The molecule has 0 radical (unpaired) electrons. The molecule has 2 fully saturated rings. The minimum atomic E-state index is -0.283. The topological polar surface area (TPSA) is 133 Å². The number of pyridine rings is 1. The molecule has 3 atom stereocenters. The summed E-state index contributed by atoms with van der Waals surface area (Å²) < 4.78 is 7.66. The Morgan fingerprint density at radius 3 is 2.85 bits per heavy atom. The number of carbonyl (C=O) groups excluding carboxylic acids is 1. The maximum absolute atomic E-state index is 12.8. The van der Waals surface area contributed by atoms with Gasteiger partial charge in [-0.3, -0.25) is 4.79 Å². The summed E-state index contributed by atoms with van der Waals surface area (Å²) in [5.74, 6) is 1.72. The number of hydrogen-bond acceptors (Lipinski definition) is 8. The van der Waals surface area contributed by atoms with Crippen molar-refractivity contribution in [1.82, 2.24) is 30.0 Å². The number of amides is 1. The fourth-order valence-corrected chi connectivity index (χ4v) is 5.16. The highest BCUT2D eigenvalue weighted by Gasteiger charge is 2.42. The van der Waals surface area contributed by atoms with Crippen LogP contribution in [0.15, 0.2) is 48.9 Å². The molecule has 4 N–H and O–H groups in total. The minimum Gasteiger partial charge on any atom is -0.496 e. The van der Waals surface area contributed by atoms with Crippen molar-refractivity contribution in [1.29, 1.82) is 0 Å². The van der Waals surface area contributed by atoms with Gasteiger partial charge in [0.2, 0.25) is 0 Å². The van der Waals surface area contributed by atoms with E-state index < -0.39 is 0 Å². The molecule has 1 saturated heterocycles. The number of benzene rings is 1. The number of carbonyl (C=O) groups is 1. The second-order valence-corrected chi connectivity index (χ2v) is 8.75. The molecule has 1 saturated carbocycles. The first-order valence-electron chi connectivity index (χ1n) is 11.2. The quantitative estimate of drug-likeness (QED) is 0.417. The van der Waals surface area contributed by atoms with Crippen molar-refractivity contribution in [3.63, 3.8) is 0 Å². The lowest BCUT2D eigenvalue weighted by Crippen LogP contribution is -2.35. The Morgan fingerprint density at radius 2 is 2.12 bits per heavy atom. The van der Waals surface area contributed by atoms with Gasteiger partial charge in [0.15, 0.2) is 5.65 Å². The summed E-state index contributed by atoms with van der Waals surface area (Å²) in [7, 11) is 1.57. The number of nitrogens with two attached hydrogens (primary N) is 1. The number of nitrogens with one attached hydrogen (secondary N) is 2. The minimum absolute atomic E-state index is 0.207. The number of nitrogen functional groups attached to an aromatic ring is 1. The number of anilines is 2. The van der Waals surface area contributed by atoms with Gasteiger partial charge < -0.3 is 21.1 Å². The molecule has 34 heavy (non-hydrogen) atoms. The molecular weight excluding hydrogens is 432 g/mol. The smallest absolute Gasteiger partial charge is 0.256 e. The predicted octanol–water partition coefficient (Wildman–Crippen LogP) is 2.65. The summed E-state index contributed by atoms with van der Waals surface area (Å²) in [6, 6.07) is 11.2. The Balaban J connectivity index is 1.41. The van der Waals surface area contributed by atoms with E-state index in [1.54, 1.807) is 37.6 Å². The van der Waals surface area contributed by atoms with E-state index in [2.05, 4.69) is 25.6 Å². The number of methoxy groups -OCH3 is 1. The normalized spacial score (nSPS) is 21.1. The number of rotatable bonds is 5. The third-order valence-corrected chi connectivity index (χ3v) is 6.75. The summed E-state index contributed by atoms with van der Waals surface area (Å²) in [5.41, 5.74) is 8.82. The molecule has 0 unspecified atom stereocenters. The fraction of sp³-hybridized carbons (Fsp3) is 0.292. The maximum Gasteiger partial charge on any atom is 0.256 e. The molecule has 172 valence electrons. The number of ether oxygens (including phenoxy) is 1. The summed E-state index contributed by atoms with van der Waals surface area (Å²) >= 11 is 0. The average molecular weight is 457 g/mol. The van der Waals surface area contributed by atoms with Gasteiger partial charge in [0.1, 0.15) is 29.4 Å². The van der Waals surface area contributed by atoms with Gasteiger partial charge >= 0.3 is 0 Å². The molecule has 0 spiro atoms. The van der Waals surface area contributed by atoms with Crippen molar-refractivity contribution in [2.24, 2.45) is 5.92 Å².